The largest absolute Gasteiger partial charge is 0.335 e. The zero-order valence-corrected chi connectivity index (χ0v) is 19.1. The number of hydrogen-bond donors (Lipinski definition) is 3. The van der Waals surface area contributed by atoms with Crippen molar-refractivity contribution in [2.75, 3.05) is 10.2 Å². The van der Waals surface area contributed by atoms with Crippen LogP contribution in [0, 0.1) is 12.8 Å². The van der Waals surface area contributed by atoms with Gasteiger partial charge in [0.25, 0.3) is 17.7 Å². The highest BCUT2D eigenvalue weighted by Gasteiger charge is 2.40. The van der Waals surface area contributed by atoms with Crippen molar-refractivity contribution >= 4 is 47.2 Å². The topological polar surface area (TPSA) is 137 Å². The summed E-state index contributed by atoms with van der Waals surface area (Å²) in [5, 5.41) is 8.58. The van der Waals surface area contributed by atoms with Crippen molar-refractivity contribution in [3.8, 4) is 0 Å². The molecule has 10 nitrogen and oxygen atoms in total. The smallest absolute Gasteiger partial charge is 0.322 e. The molecular weight excluding hydrogens is 462 g/mol. The molecule has 0 saturated carbocycles. The Balaban J connectivity index is 1.38. The van der Waals surface area contributed by atoms with Crippen molar-refractivity contribution in [3.05, 3.63) is 95.6 Å². The third kappa shape index (κ3) is 5.33. The minimum atomic E-state index is -1.40. The second-order valence-electron chi connectivity index (χ2n) is 7.90. The Morgan fingerprint density at radius 1 is 0.861 bits per heavy atom. The van der Waals surface area contributed by atoms with Crippen molar-refractivity contribution in [2.24, 2.45) is 11.0 Å². The van der Waals surface area contributed by atoms with Crippen LogP contribution in [0.1, 0.15) is 26.3 Å². The first-order valence-corrected chi connectivity index (χ1v) is 10.9. The molecule has 1 fully saturated rings. The molecule has 36 heavy (non-hydrogen) atoms. The number of amides is 6. The molecule has 0 radical (unpaired) electrons. The molecule has 180 valence electrons. The van der Waals surface area contributed by atoms with Crippen LogP contribution >= 0.6 is 0 Å². The number of urea groups is 1. The molecule has 1 heterocycles. The number of nitrogens with one attached hydrogen (secondary N) is 3. The van der Waals surface area contributed by atoms with Crippen molar-refractivity contribution in [1.82, 2.24) is 10.7 Å². The lowest BCUT2D eigenvalue weighted by Crippen LogP contribution is -2.58. The normalized spacial score (nSPS) is 15.5. The lowest BCUT2D eigenvalue weighted by Gasteiger charge is -2.28. The predicted molar refractivity (Wildman–Crippen MR) is 132 cm³/mol. The maximum absolute atomic E-state index is 12.8. The first kappa shape index (κ1) is 24.0. The monoisotopic (exact) mass is 483 g/mol. The number of hydrogen-bond acceptors (Lipinski definition) is 6. The highest BCUT2D eigenvalue weighted by molar-refractivity contribution is 6.32. The van der Waals surface area contributed by atoms with Crippen LogP contribution in [0.15, 0.2) is 84.0 Å². The zero-order chi connectivity index (χ0) is 25.7. The minimum Gasteiger partial charge on any atom is -0.322 e. The van der Waals surface area contributed by atoms with Gasteiger partial charge in [-0.2, -0.15) is 5.10 Å². The van der Waals surface area contributed by atoms with E-state index in [1.54, 1.807) is 60.7 Å². The van der Waals surface area contributed by atoms with Gasteiger partial charge < -0.3 is 5.32 Å². The molecule has 0 spiro atoms. The average Bonchev–Trinajstić information content (AvgIpc) is 2.88. The van der Waals surface area contributed by atoms with Gasteiger partial charge >= 0.3 is 6.03 Å². The summed E-state index contributed by atoms with van der Waals surface area (Å²) in [7, 11) is 0. The van der Waals surface area contributed by atoms with Crippen LogP contribution in [0.25, 0.3) is 0 Å². The standard InChI is InChI=1S/C26H21N5O5/c1-16-7-13-20(14-8-16)31-25(35)21(24(34)29-26(31)36)15-27-30-23(33)18-9-11-19(12-10-18)28-22(32)17-5-3-2-4-6-17/h2-15,21H,1H3,(H,28,32)(H,30,33)(H,29,34,36)/b27-15-/t21-/m0/s1. The summed E-state index contributed by atoms with van der Waals surface area (Å²) >= 11 is 0. The minimum absolute atomic E-state index is 0.237. The van der Waals surface area contributed by atoms with E-state index in [2.05, 4.69) is 21.2 Å². The van der Waals surface area contributed by atoms with E-state index in [1.165, 1.54) is 12.1 Å². The molecule has 10 heteroatoms. The molecule has 1 aliphatic rings. The van der Waals surface area contributed by atoms with Gasteiger partial charge in [-0.1, -0.05) is 35.9 Å². The summed E-state index contributed by atoms with van der Waals surface area (Å²) in [4.78, 5) is 62.7. The Hall–Kier alpha value is -5.12. The van der Waals surface area contributed by atoms with E-state index >= 15 is 0 Å². The number of aryl methyl sites for hydroxylation is 1. The van der Waals surface area contributed by atoms with Crippen molar-refractivity contribution in [2.45, 2.75) is 6.92 Å². The van der Waals surface area contributed by atoms with Gasteiger partial charge in [0.05, 0.1) is 5.69 Å². The van der Waals surface area contributed by atoms with Crippen LogP contribution in [-0.4, -0.2) is 35.9 Å². The van der Waals surface area contributed by atoms with Crippen molar-refractivity contribution in [1.29, 1.82) is 0 Å². The van der Waals surface area contributed by atoms with E-state index in [-0.39, 0.29) is 11.5 Å². The van der Waals surface area contributed by atoms with E-state index in [4.69, 9.17) is 0 Å². The third-order valence-electron chi connectivity index (χ3n) is 5.32. The van der Waals surface area contributed by atoms with Gasteiger partial charge in [0, 0.05) is 23.0 Å². The maximum Gasteiger partial charge on any atom is 0.335 e. The van der Waals surface area contributed by atoms with Crippen LogP contribution in [-0.2, 0) is 9.59 Å². The van der Waals surface area contributed by atoms with Gasteiger partial charge in [0.2, 0.25) is 5.91 Å². The molecule has 6 amide bonds. The van der Waals surface area contributed by atoms with Crippen molar-refractivity contribution in [3.63, 3.8) is 0 Å². The Kier molecular flexibility index (Phi) is 6.96. The van der Waals surface area contributed by atoms with Gasteiger partial charge in [0.1, 0.15) is 0 Å². The summed E-state index contributed by atoms with van der Waals surface area (Å²) in [5.41, 5.74) is 4.72. The molecule has 3 aromatic carbocycles. The number of anilines is 2. The van der Waals surface area contributed by atoms with Gasteiger partial charge in [-0.3, -0.25) is 24.5 Å². The van der Waals surface area contributed by atoms with Gasteiger partial charge in [-0.05, 0) is 55.5 Å². The Morgan fingerprint density at radius 2 is 1.50 bits per heavy atom. The highest BCUT2D eigenvalue weighted by atomic mass is 16.2. The van der Waals surface area contributed by atoms with Crippen molar-refractivity contribution < 1.29 is 24.0 Å². The molecule has 4 rings (SSSR count). The number of imide groups is 2. The fraction of sp³-hybridized carbons (Fsp3) is 0.0769. The molecular formula is C26H21N5O5. The summed E-state index contributed by atoms with van der Waals surface area (Å²) in [5.74, 6) is -3.91. The number of carbonyl (C=O) groups is 5. The molecule has 0 bridgehead atoms. The predicted octanol–water partition coefficient (Wildman–Crippen LogP) is 2.86. The number of barbiturate groups is 1. The molecule has 3 N–H and O–H groups in total. The van der Waals surface area contributed by atoms with E-state index in [0.29, 0.717) is 16.9 Å². The second-order valence-corrected chi connectivity index (χ2v) is 7.90. The summed E-state index contributed by atoms with van der Waals surface area (Å²) in [6.45, 7) is 1.86. The van der Waals surface area contributed by atoms with Gasteiger partial charge in [-0.15, -0.1) is 0 Å². The quantitative estimate of drug-likeness (QED) is 0.281. The number of nitrogens with zero attached hydrogens (tertiary/aromatic N) is 2. The molecule has 1 aliphatic heterocycles. The fourth-order valence-electron chi connectivity index (χ4n) is 3.39. The molecule has 0 aliphatic carbocycles. The fourth-order valence-corrected chi connectivity index (χ4v) is 3.39. The van der Waals surface area contributed by atoms with Gasteiger partial charge in [-0.25, -0.2) is 15.1 Å². The summed E-state index contributed by atoms with van der Waals surface area (Å²) < 4.78 is 0. The molecule has 1 atom stereocenters. The summed E-state index contributed by atoms with van der Waals surface area (Å²) in [6, 6.07) is 20.6. The molecule has 0 aromatic heterocycles. The maximum atomic E-state index is 12.8. The number of carbonyl (C=O) groups excluding carboxylic acids is 5. The van der Waals surface area contributed by atoms with Crippen LogP contribution in [0.5, 0.6) is 0 Å². The number of hydrazone groups is 1. The lowest BCUT2D eigenvalue weighted by atomic mass is 10.1. The van der Waals surface area contributed by atoms with Crippen LogP contribution in [0.4, 0.5) is 16.2 Å². The zero-order valence-electron chi connectivity index (χ0n) is 19.1. The van der Waals surface area contributed by atoms with E-state index in [0.717, 1.165) is 16.7 Å². The Labute approximate surface area is 206 Å². The lowest BCUT2D eigenvalue weighted by molar-refractivity contribution is -0.131. The Bertz CT molecular complexity index is 1350. The van der Waals surface area contributed by atoms with Gasteiger partial charge in [0.15, 0.2) is 5.92 Å². The average molecular weight is 483 g/mol. The van der Waals surface area contributed by atoms with E-state index in [9.17, 15) is 24.0 Å². The van der Waals surface area contributed by atoms with Crippen LogP contribution in [0.3, 0.4) is 0 Å². The molecule has 1 saturated heterocycles. The first-order valence-electron chi connectivity index (χ1n) is 10.9. The third-order valence-corrected chi connectivity index (χ3v) is 5.32. The summed E-state index contributed by atoms with van der Waals surface area (Å²) in [6.07, 6.45) is 0.970. The number of rotatable bonds is 6. The highest BCUT2D eigenvalue weighted by Crippen LogP contribution is 2.20. The number of benzene rings is 3. The van der Waals surface area contributed by atoms with Crippen LogP contribution in [0.2, 0.25) is 0 Å². The second kappa shape index (κ2) is 10.4. The van der Waals surface area contributed by atoms with Crippen LogP contribution < -0.4 is 21.0 Å². The molecule has 3 aromatic rings. The van der Waals surface area contributed by atoms with E-state index in [1.807, 2.05) is 13.0 Å². The SMILES string of the molecule is Cc1ccc(N2C(=O)NC(=O)[C@H](/C=N\NC(=O)c3ccc(NC(=O)c4ccccc4)cc3)C2=O)cc1. The Morgan fingerprint density at radius 3 is 2.17 bits per heavy atom. The molecule has 0 unspecified atom stereocenters. The van der Waals surface area contributed by atoms with E-state index < -0.39 is 29.7 Å². The first-order chi connectivity index (χ1) is 17.3.